The molecule has 0 aromatic heterocycles. The Labute approximate surface area is 131 Å². The van der Waals surface area contributed by atoms with E-state index in [1.165, 1.54) is 17.6 Å². The van der Waals surface area contributed by atoms with E-state index in [1.54, 1.807) is 20.0 Å². The molecule has 1 heterocycles. The molecule has 116 valence electrons. The number of benzene rings is 1. The zero-order valence-corrected chi connectivity index (χ0v) is 13.6. The Morgan fingerprint density at radius 2 is 1.82 bits per heavy atom. The monoisotopic (exact) mass is 299 g/mol. The van der Waals surface area contributed by atoms with E-state index in [2.05, 4.69) is 13.8 Å². The van der Waals surface area contributed by atoms with E-state index in [-0.39, 0.29) is 5.91 Å². The average molecular weight is 299 g/mol. The van der Waals surface area contributed by atoms with Crippen LogP contribution in [-0.2, 0) is 14.3 Å². The number of hydrogen-bond donors (Lipinski definition) is 0. The first-order valence-electron chi connectivity index (χ1n) is 7.26. The van der Waals surface area contributed by atoms with Crippen molar-refractivity contribution in [3.05, 3.63) is 52.2 Å². The number of esters is 1. The second-order valence-corrected chi connectivity index (χ2v) is 5.70. The molecule has 0 bridgehead atoms. The number of methoxy groups -OCH3 is 1. The van der Waals surface area contributed by atoms with Gasteiger partial charge in [-0.25, -0.2) is 4.79 Å². The highest BCUT2D eigenvalue weighted by atomic mass is 16.5. The third-order valence-corrected chi connectivity index (χ3v) is 3.97. The van der Waals surface area contributed by atoms with Gasteiger partial charge < -0.3 is 9.64 Å². The molecule has 1 aromatic carbocycles. The van der Waals surface area contributed by atoms with Crippen LogP contribution in [0.2, 0.25) is 0 Å². The summed E-state index contributed by atoms with van der Waals surface area (Å²) in [6.07, 6.45) is 1.74. The Morgan fingerprint density at radius 1 is 1.23 bits per heavy atom. The molecule has 4 nitrogen and oxygen atoms in total. The predicted octanol–water partition coefficient (Wildman–Crippen LogP) is 3.11. The van der Waals surface area contributed by atoms with Crippen molar-refractivity contribution in [3.63, 3.8) is 0 Å². The summed E-state index contributed by atoms with van der Waals surface area (Å²) in [7, 11) is 2.98. The van der Waals surface area contributed by atoms with Crippen molar-refractivity contribution in [1.82, 2.24) is 4.90 Å². The molecular formula is C18H21NO3. The number of allylic oxidation sites excluding steroid dienone is 1. The third-order valence-electron chi connectivity index (χ3n) is 3.97. The summed E-state index contributed by atoms with van der Waals surface area (Å²) in [6.45, 7) is 6.00. The Kier molecular flexibility index (Phi) is 4.50. The normalized spacial score (nSPS) is 16.9. The quantitative estimate of drug-likeness (QED) is 0.636. The Morgan fingerprint density at radius 3 is 2.32 bits per heavy atom. The van der Waals surface area contributed by atoms with E-state index < -0.39 is 5.97 Å². The van der Waals surface area contributed by atoms with Crippen molar-refractivity contribution < 1.29 is 14.3 Å². The summed E-state index contributed by atoms with van der Waals surface area (Å²) >= 11 is 0. The first-order valence-corrected chi connectivity index (χ1v) is 7.26. The minimum absolute atomic E-state index is 0.189. The third kappa shape index (κ3) is 2.82. The van der Waals surface area contributed by atoms with Gasteiger partial charge in [-0.1, -0.05) is 38.1 Å². The fourth-order valence-corrected chi connectivity index (χ4v) is 2.44. The second-order valence-electron chi connectivity index (χ2n) is 5.70. The lowest BCUT2D eigenvalue weighted by Gasteiger charge is -2.09. The van der Waals surface area contributed by atoms with Crippen molar-refractivity contribution >= 4 is 18.0 Å². The molecule has 0 saturated carbocycles. The van der Waals surface area contributed by atoms with E-state index in [4.69, 9.17) is 4.74 Å². The van der Waals surface area contributed by atoms with Crippen LogP contribution >= 0.6 is 0 Å². The number of carbonyl (C=O) groups is 2. The van der Waals surface area contributed by atoms with Gasteiger partial charge in [0.25, 0.3) is 5.91 Å². The highest BCUT2D eigenvalue weighted by Crippen LogP contribution is 2.30. The van der Waals surface area contributed by atoms with E-state index in [9.17, 15) is 9.59 Å². The largest absolute Gasteiger partial charge is 0.465 e. The van der Waals surface area contributed by atoms with E-state index in [0.717, 1.165) is 5.56 Å². The van der Waals surface area contributed by atoms with Crippen LogP contribution in [-0.4, -0.2) is 30.9 Å². The summed E-state index contributed by atoms with van der Waals surface area (Å²) in [5.41, 5.74) is 3.45. The predicted molar refractivity (Wildman–Crippen MR) is 86.0 cm³/mol. The molecule has 22 heavy (non-hydrogen) atoms. The number of ether oxygens (including phenoxy) is 1. The van der Waals surface area contributed by atoms with Crippen LogP contribution in [0.15, 0.2) is 41.1 Å². The van der Waals surface area contributed by atoms with Crippen LogP contribution in [0.25, 0.3) is 6.08 Å². The molecule has 1 amide bonds. The van der Waals surface area contributed by atoms with Gasteiger partial charge in [-0.05, 0) is 30.0 Å². The maximum atomic E-state index is 12.3. The van der Waals surface area contributed by atoms with Crippen molar-refractivity contribution in [2.75, 3.05) is 14.2 Å². The minimum atomic E-state index is -0.486. The fourth-order valence-electron chi connectivity index (χ4n) is 2.44. The van der Waals surface area contributed by atoms with Crippen molar-refractivity contribution in [3.8, 4) is 0 Å². The molecule has 0 aliphatic carbocycles. The van der Waals surface area contributed by atoms with Crippen molar-refractivity contribution in [2.24, 2.45) is 0 Å². The zero-order chi connectivity index (χ0) is 16.4. The molecule has 0 radical (unpaired) electrons. The highest BCUT2D eigenvalue weighted by molar-refractivity contribution is 6.16. The summed E-state index contributed by atoms with van der Waals surface area (Å²) < 4.78 is 4.80. The molecular weight excluding hydrogens is 278 g/mol. The Bertz CT molecular complexity index is 666. The molecule has 1 aliphatic heterocycles. The molecule has 1 aromatic rings. The van der Waals surface area contributed by atoms with E-state index in [1.807, 2.05) is 24.3 Å². The fraction of sp³-hybridized carbons (Fsp3) is 0.333. The standard InChI is InChI=1S/C18H21NO3/c1-11(2)14-8-6-13(7-9-14)10-15-16(18(21)22-5)12(3)19(4)17(15)20/h6-11H,1-5H3/b15-10-. The van der Waals surface area contributed by atoms with Crippen LogP contribution in [0.4, 0.5) is 0 Å². The van der Waals surface area contributed by atoms with E-state index >= 15 is 0 Å². The lowest BCUT2D eigenvalue weighted by molar-refractivity contribution is -0.136. The summed E-state index contributed by atoms with van der Waals surface area (Å²) in [5.74, 6) is -0.222. The van der Waals surface area contributed by atoms with Crippen LogP contribution < -0.4 is 0 Å². The molecule has 1 aliphatic rings. The summed E-state index contributed by atoms with van der Waals surface area (Å²) in [6, 6.07) is 7.99. The van der Waals surface area contributed by atoms with Crippen LogP contribution in [0, 0.1) is 0 Å². The molecule has 0 spiro atoms. The van der Waals surface area contributed by atoms with Crippen molar-refractivity contribution in [2.45, 2.75) is 26.7 Å². The SMILES string of the molecule is COC(=O)C1=C(C)N(C)C(=O)/C1=C\c1ccc(C(C)C)cc1. The number of carbonyl (C=O) groups excluding carboxylic acids is 2. The number of likely N-dealkylation sites (N-methyl/N-ethyl adjacent to an activating group) is 1. The first kappa shape index (κ1) is 16.0. The van der Waals surface area contributed by atoms with E-state index in [0.29, 0.717) is 22.8 Å². The van der Waals surface area contributed by atoms with Crippen LogP contribution in [0.3, 0.4) is 0 Å². The lowest BCUT2D eigenvalue weighted by Crippen LogP contribution is -2.19. The molecule has 0 fully saturated rings. The first-order chi connectivity index (χ1) is 10.4. The van der Waals surface area contributed by atoms with Gasteiger partial charge in [-0.15, -0.1) is 0 Å². The molecule has 0 atom stereocenters. The number of rotatable bonds is 3. The molecule has 0 N–H and O–H groups in total. The van der Waals surface area contributed by atoms with Crippen molar-refractivity contribution in [1.29, 1.82) is 0 Å². The zero-order valence-electron chi connectivity index (χ0n) is 13.6. The van der Waals surface area contributed by atoms with Gasteiger partial charge in [-0.3, -0.25) is 4.79 Å². The number of hydrogen-bond acceptors (Lipinski definition) is 3. The van der Waals surface area contributed by atoms with Gasteiger partial charge in [0.1, 0.15) is 0 Å². The summed E-state index contributed by atoms with van der Waals surface area (Å²) in [5, 5.41) is 0. The number of nitrogens with zero attached hydrogens (tertiary/aromatic N) is 1. The smallest absolute Gasteiger partial charge is 0.340 e. The topological polar surface area (TPSA) is 46.6 Å². The minimum Gasteiger partial charge on any atom is -0.465 e. The van der Waals surface area contributed by atoms with Gasteiger partial charge in [0.05, 0.1) is 18.3 Å². The molecule has 0 saturated heterocycles. The van der Waals surface area contributed by atoms with Gasteiger partial charge in [-0.2, -0.15) is 0 Å². The maximum Gasteiger partial charge on any atom is 0.340 e. The average Bonchev–Trinajstić information content (AvgIpc) is 2.71. The highest BCUT2D eigenvalue weighted by Gasteiger charge is 2.34. The maximum absolute atomic E-state index is 12.3. The molecule has 4 heteroatoms. The van der Waals surface area contributed by atoms with Gasteiger partial charge >= 0.3 is 5.97 Å². The number of amides is 1. The van der Waals surface area contributed by atoms with Crippen LogP contribution in [0.5, 0.6) is 0 Å². The second kappa shape index (κ2) is 6.18. The Hall–Kier alpha value is -2.36. The molecule has 0 unspecified atom stereocenters. The lowest BCUT2D eigenvalue weighted by atomic mass is 9.99. The van der Waals surface area contributed by atoms with Gasteiger partial charge in [0.15, 0.2) is 0 Å². The van der Waals surface area contributed by atoms with Crippen LogP contribution in [0.1, 0.15) is 37.8 Å². The van der Waals surface area contributed by atoms with Gasteiger partial charge in [0, 0.05) is 12.7 Å². The molecule has 2 rings (SSSR count). The van der Waals surface area contributed by atoms with Gasteiger partial charge in [0.2, 0.25) is 0 Å². The summed E-state index contributed by atoms with van der Waals surface area (Å²) in [4.78, 5) is 25.8. The Balaban J connectivity index is 2.44.